The van der Waals surface area contributed by atoms with Gasteiger partial charge in [-0.2, -0.15) is 0 Å². The zero-order valence-corrected chi connectivity index (χ0v) is 12.6. The molecule has 114 valence electrons. The normalized spacial score (nSPS) is 17.1. The first-order chi connectivity index (χ1) is 10.1. The Labute approximate surface area is 124 Å². The minimum absolute atomic E-state index is 0.0173. The molecule has 0 spiro atoms. The summed E-state index contributed by atoms with van der Waals surface area (Å²) in [6, 6.07) is 7.85. The molecule has 2 N–H and O–H groups in total. The standard InChI is InChI=1S/C15H21N3O3/c1-10(2)9-21-12-6-4-11(5-7-12)13-8-16-14(17-13)18-15(19)20-3/h4-7,10,13H,8-9H2,1-3H3,(H2,16,17,18,19). The van der Waals surface area contributed by atoms with Crippen LogP contribution in [0.25, 0.3) is 0 Å². The minimum Gasteiger partial charge on any atom is -0.493 e. The Balaban J connectivity index is 1.95. The maximum atomic E-state index is 11.1. The highest BCUT2D eigenvalue weighted by Gasteiger charge is 2.20. The number of carbonyl (C=O) groups excluding carboxylic acids is 1. The Kier molecular flexibility index (Phi) is 5.03. The zero-order chi connectivity index (χ0) is 15.2. The molecule has 6 heteroatoms. The maximum Gasteiger partial charge on any atom is 0.413 e. The predicted molar refractivity (Wildman–Crippen MR) is 80.5 cm³/mol. The van der Waals surface area contributed by atoms with Gasteiger partial charge in [-0.15, -0.1) is 0 Å². The van der Waals surface area contributed by atoms with Crippen molar-refractivity contribution >= 4 is 12.1 Å². The van der Waals surface area contributed by atoms with Crippen LogP contribution in [0.1, 0.15) is 25.5 Å². The molecule has 1 aliphatic heterocycles. The molecule has 0 fully saturated rings. The quantitative estimate of drug-likeness (QED) is 0.891. The average molecular weight is 291 g/mol. The van der Waals surface area contributed by atoms with Crippen molar-refractivity contribution in [2.45, 2.75) is 19.9 Å². The van der Waals surface area contributed by atoms with E-state index in [1.54, 1.807) is 0 Å². The van der Waals surface area contributed by atoms with Crippen LogP contribution in [-0.2, 0) is 4.74 Å². The van der Waals surface area contributed by atoms with Gasteiger partial charge in [-0.3, -0.25) is 5.32 Å². The highest BCUT2D eigenvalue weighted by atomic mass is 16.5. The van der Waals surface area contributed by atoms with Crippen molar-refractivity contribution in [3.05, 3.63) is 29.8 Å². The lowest BCUT2D eigenvalue weighted by atomic mass is 10.1. The number of alkyl carbamates (subject to hydrolysis) is 1. The first-order valence-electron chi connectivity index (χ1n) is 6.98. The number of benzene rings is 1. The number of guanidine groups is 1. The smallest absolute Gasteiger partial charge is 0.413 e. The van der Waals surface area contributed by atoms with Crippen LogP contribution in [-0.4, -0.2) is 32.3 Å². The van der Waals surface area contributed by atoms with Crippen molar-refractivity contribution in [3.8, 4) is 5.75 Å². The molecule has 2 rings (SSSR count). The number of nitrogens with zero attached hydrogens (tertiary/aromatic N) is 1. The molecule has 0 bridgehead atoms. The number of amides is 1. The molecule has 21 heavy (non-hydrogen) atoms. The number of aliphatic imine (C=N–C) groups is 1. The summed E-state index contributed by atoms with van der Waals surface area (Å²) in [5.74, 6) is 1.79. The number of methoxy groups -OCH3 is 1. The molecule has 1 atom stereocenters. The fraction of sp³-hybridized carbons (Fsp3) is 0.467. The van der Waals surface area contributed by atoms with Crippen LogP contribution in [0, 0.1) is 5.92 Å². The van der Waals surface area contributed by atoms with Gasteiger partial charge in [0, 0.05) is 6.54 Å². The van der Waals surface area contributed by atoms with Gasteiger partial charge in [0.05, 0.1) is 19.8 Å². The average Bonchev–Trinajstić information content (AvgIpc) is 2.94. The number of hydrogen-bond donors (Lipinski definition) is 2. The van der Waals surface area contributed by atoms with Gasteiger partial charge in [0.2, 0.25) is 5.96 Å². The number of ether oxygens (including phenoxy) is 2. The third-order valence-electron chi connectivity index (χ3n) is 3.00. The second-order valence-electron chi connectivity index (χ2n) is 5.26. The second kappa shape index (κ2) is 6.97. The van der Waals surface area contributed by atoms with Crippen LogP contribution in [0.5, 0.6) is 5.75 Å². The maximum absolute atomic E-state index is 11.1. The van der Waals surface area contributed by atoms with E-state index < -0.39 is 6.09 Å². The van der Waals surface area contributed by atoms with E-state index >= 15 is 0 Å². The number of carbonyl (C=O) groups is 1. The van der Waals surface area contributed by atoms with Gasteiger partial charge in [-0.05, 0) is 23.6 Å². The molecular formula is C15H21N3O3. The summed E-state index contributed by atoms with van der Waals surface area (Å²) in [5, 5.41) is 5.56. The third kappa shape index (κ3) is 4.37. The minimum atomic E-state index is -0.528. The Morgan fingerprint density at radius 2 is 2.14 bits per heavy atom. The van der Waals surface area contributed by atoms with Crippen LogP contribution in [0.3, 0.4) is 0 Å². The van der Waals surface area contributed by atoms with Gasteiger partial charge in [0.15, 0.2) is 0 Å². The number of rotatable bonds is 4. The van der Waals surface area contributed by atoms with Gasteiger partial charge < -0.3 is 14.8 Å². The molecule has 1 aromatic carbocycles. The highest BCUT2D eigenvalue weighted by molar-refractivity contribution is 5.94. The van der Waals surface area contributed by atoms with Gasteiger partial charge in [-0.25, -0.2) is 9.79 Å². The summed E-state index contributed by atoms with van der Waals surface area (Å²) in [4.78, 5) is 15.5. The summed E-state index contributed by atoms with van der Waals surface area (Å²) >= 11 is 0. The van der Waals surface area contributed by atoms with Crippen LogP contribution in [0.2, 0.25) is 0 Å². The fourth-order valence-electron chi connectivity index (χ4n) is 1.91. The first kappa shape index (κ1) is 15.2. The molecular weight excluding hydrogens is 270 g/mol. The van der Waals surface area contributed by atoms with Crippen molar-refractivity contribution in [2.24, 2.45) is 10.9 Å². The molecule has 1 aromatic rings. The second-order valence-corrected chi connectivity index (χ2v) is 5.26. The van der Waals surface area contributed by atoms with E-state index in [4.69, 9.17) is 4.74 Å². The first-order valence-corrected chi connectivity index (χ1v) is 6.98. The van der Waals surface area contributed by atoms with Crippen LogP contribution < -0.4 is 15.4 Å². The van der Waals surface area contributed by atoms with E-state index in [1.165, 1.54) is 7.11 Å². The monoisotopic (exact) mass is 291 g/mol. The topological polar surface area (TPSA) is 72.0 Å². The van der Waals surface area contributed by atoms with Crippen molar-refractivity contribution in [2.75, 3.05) is 20.3 Å². The molecule has 0 saturated carbocycles. The third-order valence-corrected chi connectivity index (χ3v) is 3.00. The Morgan fingerprint density at radius 3 is 2.76 bits per heavy atom. The fourth-order valence-corrected chi connectivity index (χ4v) is 1.91. The lowest BCUT2D eigenvalue weighted by Gasteiger charge is -2.10. The van der Waals surface area contributed by atoms with Crippen molar-refractivity contribution in [3.63, 3.8) is 0 Å². The molecule has 1 heterocycles. The zero-order valence-electron chi connectivity index (χ0n) is 12.6. The molecule has 0 radical (unpaired) electrons. The molecule has 6 nitrogen and oxygen atoms in total. The molecule has 1 aliphatic rings. The summed E-state index contributed by atoms with van der Waals surface area (Å²) in [6.45, 7) is 5.58. The lowest BCUT2D eigenvalue weighted by molar-refractivity contribution is 0.176. The van der Waals surface area contributed by atoms with E-state index in [0.717, 1.165) is 11.3 Å². The summed E-state index contributed by atoms with van der Waals surface area (Å²) in [7, 11) is 1.32. The highest BCUT2D eigenvalue weighted by Crippen LogP contribution is 2.22. The van der Waals surface area contributed by atoms with Crippen molar-refractivity contribution in [1.29, 1.82) is 0 Å². The number of hydrogen-bond acceptors (Lipinski definition) is 5. The van der Waals surface area contributed by atoms with Gasteiger partial charge in [-0.1, -0.05) is 26.0 Å². The van der Waals surface area contributed by atoms with Crippen LogP contribution in [0.4, 0.5) is 4.79 Å². The van der Waals surface area contributed by atoms with E-state index in [1.807, 2.05) is 24.3 Å². The van der Waals surface area contributed by atoms with E-state index in [2.05, 4.69) is 34.2 Å². The Hall–Kier alpha value is -2.24. The Bertz CT molecular complexity index is 511. The molecule has 0 saturated heterocycles. The van der Waals surface area contributed by atoms with Crippen LogP contribution >= 0.6 is 0 Å². The van der Waals surface area contributed by atoms with Gasteiger partial charge in [0.25, 0.3) is 0 Å². The van der Waals surface area contributed by atoms with Gasteiger partial charge in [0.1, 0.15) is 5.75 Å². The predicted octanol–water partition coefficient (Wildman–Crippen LogP) is 2.08. The summed E-state index contributed by atoms with van der Waals surface area (Å²) in [6.07, 6.45) is -0.528. The van der Waals surface area contributed by atoms with E-state index in [9.17, 15) is 4.79 Å². The van der Waals surface area contributed by atoms with Gasteiger partial charge >= 0.3 is 6.09 Å². The van der Waals surface area contributed by atoms with Crippen molar-refractivity contribution < 1.29 is 14.3 Å². The Morgan fingerprint density at radius 1 is 1.43 bits per heavy atom. The molecule has 1 unspecified atom stereocenters. The summed E-state index contributed by atoms with van der Waals surface area (Å²) < 4.78 is 10.2. The van der Waals surface area contributed by atoms with E-state index in [0.29, 0.717) is 25.0 Å². The lowest BCUT2D eigenvalue weighted by Crippen LogP contribution is -2.37. The largest absolute Gasteiger partial charge is 0.493 e. The molecule has 0 aliphatic carbocycles. The molecule has 0 aromatic heterocycles. The van der Waals surface area contributed by atoms with E-state index in [-0.39, 0.29) is 6.04 Å². The van der Waals surface area contributed by atoms with Crippen molar-refractivity contribution in [1.82, 2.24) is 10.6 Å². The summed E-state index contributed by atoms with van der Waals surface area (Å²) in [5.41, 5.74) is 1.07. The van der Waals surface area contributed by atoms with Crippen LogP contribution in [0.15, 0.2) is 29.3 Å². The number of nitrogens with one attached hydrogen (secondary N) is 2. The molecule has 1 amide bonds. The SMILES string of the molecule is COC(=O)NC1=NC(c2ccc(OCC(C)C)cc2)CN1.